The number of aromatic nitrogens is 2. The van der Waals surface area contributed by atoms with Gasteiger partial charge in [0.05, 0.1) is 23.4 Å². The van der Waals surface area contributed by atoms with Gasteiger partial charge in [0, 0.05) is 13.1 Å². The number of halogens is 1. The van der Waals surface area contributed by atoms with E-state index in [1.807, 2.05) is 30.6 Å². The van der Waals surface area contributed by atoms with E-state index in [0.29, 0.717) is 25.3 Å². The molecule has 0 radical (unpaired) electrons. The lowest BCUT2D eigenvalue weighted by Gasteiger charge is -2.26. The lowest BCUT2D eigenvalue weighted by atomic mass is 10.0. The predicted octanol–water partition coefficient (Wildman–Crippen LogP) is 2.87. The molecule has 0 bridgehead atoms. The van der Waals surface area contributed by atoms with E-state index in [1.165, 1.54) is 12.1 Å². The molecule has 1 aromatic heterocycles. The number of nitrogens with zero attached hydrogens (tertiary/aromatic N) is 2. The van der Waals surface area contributed by atoms with Gasteiger partial charge in [0.25, 0.3) is 0 Å². The molecule has 1 aliphatic heterocycles. The van der Waals surface area contributed by atoms with Crippen LogP contribution in [0.1, 0.15) is 12.0 Å². The highest BCUT2D eigenvalue weighted by molar-refractivity contribution is 5.75. The van der Waals surface area contributed by atoms with Gasteiger partial charge in [0.15, 0.2) is 0 Å². The molecule has 27 heavy (non-hydrogen) atoms. The number of fused-ring (bicyclic) bond motifs is 2. The van der Waals surface area contributed by atoms with Crippen LogP contribution in [-0.2, 0) is 13.0 Å². The number of hydrogen-bond donors (Lipinski definition) is 2. The monoisotopic (exact) mass is 368 g/mol. The fourth-order valence-electron chi connectivity index (χ4n) is 3.33. The topological polar surface area (TPSA) is 68.2 Å². The molecule has 6 nitrogen and oxygen atoms in total. The number of carbonyl (C=O) groups is 1. The summed E-state index contributed by atoms with van der Waals surface area (Å²) in [7, 11) is 0. The van der Waals surface area contributed by atoms with Crippen LogP contribution in [0, 0.1) is 5.82 Å². The van der Waals surface area contributed by atoms with Crippen molar-refractivity contribution in [3.63, 3.8) is 0 Å². The maximum absolute atomic E-state index is 13.3. The summed E-state index contributed by atoms with van der Waals surface area (Å²) in [6.45, 7) is 1.71. The second-order valence-electron chi connectivity index (χ2n) is 6.64. The van der Waals surface area contributed by atoms with Crippen molar-refractivity contribution in [1.29, 1.82) is 0 Å². The summed E-state index contributed by atoms with van der Waals surface area (Å²) in [5, 5.41) is 5.75. The highest BCUT2D eigenvalue weighted by Gasteiger charge is 2.21. The molecular weight excluding hydrogens is 347 g/mol. The lowest BCUT2D eigenvalue weighted by molar-refractivity contribution is 0.214. The molecule has 1 atom stereocenters. The summed E-state index contributed by atoms with van der Waals surface area (Å²) in [6, 6.07) is 12.0. The molecule has 4 rings (SSSR count). The minimum Gasteiger partial charge on any atom is -0.491 e. The smallest absolute Gasteiger partial charge is 0.315 e. The van der Waals surface area contributed by atoms with E-state index in [0.717, 1.165) is 29.6 Å². The number of amides is 2. The molecule has 3 aromatic rings. The SMILES string of the molecule is O=C(NCCCn1cnc2ccccc21)NC1COc2ccc(F)cc2C1. The van der Waals surface area contributed by atoms with Crippen LogP contribution >= 0.6 is 0 Å². The molecule has 1 aliphatic rings. The van der Waals surface area contributed by atoms with E-state index in [2.05, 4.69) is 20.2 Å². The first-order chi connectivity index (χ1) is 13.2. The van der Waals surface area contributed by atoms with Gasteiger partial charge in [-0.05, 0) is 48.7 Å². The molecule has 1 unspecified atom stereocenters. The number of ether oxygens (including phenoxy) is 1. The van der Waals surface area contributed by atoms with E-state index in [1.54, 1.807) is 6.07 Å². The number of hydrogen-bond acceptors (Lipinski definition) is 3. The van der Waals surface area contributed by atoms with Crippen molar-refractivity contribution in [1.82, 2.24) is 20.2 Å². The van der Waals surface area contributed by atoms with E-state index in [9.17, 15) is 9.18 Å². The fraction of sp³-hybridized carbons (Fsp3) is 0.300. The minimum absolute atomic E-state index is 0.170. The average Bonchev–Trinajstić information content (AvgIpc) is 3.08. The largest absolute Gasteiger partial charge is 0.491 e. The molecule has 2 amide bonds. The average molecular weight is 368 g/mol. The Balaban J connectivity index is 1.22. The predicted molar refractivity (Wildman–Crippen MR) is 100 cm³/mol. The normalized spacial score (nSPS) is 15.8. The van der Waals surface area contributed by atoms with Crippen molar-refractivity contribution >= 4 is 17.1 Å². The van der Waals surface area contributed by atoms with E-state index < -0.39 is 0 Å². The summed E-state index contributed by atoms with van der Waals surface area (Å²) >= 11 is 0. The zero-order chi connectivity index (χ0) is 18.6. The number of urea groups is 1. The number of para-hydroxylation sites is 2. The van der Waals surface area contributed by atoms with Crippen LogP contribution in [0.25, 0.3) is 11.0 Å². The number of nitrogens with one attached hydrogen (secondary N) is 2. The number of aryl methyl sites for hydroxylation is 1. The van der Waals surface area contributed by atoms with E-state index >= 15 is 0 Å². The van der Waals surface area contributed by atoms with Gasteiger partial charge in [-0.15, -0.1) is 0 Å². The molecule has 140 valence electrons. The number of benzene rings is 2. The molecule has 0 aliphatic carbocycles. The zero-order valence-corrected chi connectivity index (χ0v) is 14.8. The highest BCUT2D eigenvalue weighted by atomic mass is 19.1. The molecule has 2 aromatic carbocycles. The van der Waals surface area contributed by atoms with Gasteiger partial charge in [-0.2, -0.15) is 0 Å². The Morgan fingerprint density at radius 3 is 3.11 bits per heavy atom. The number of imidazole rings is 1. The van der Waals surface area contributed by atoms with Crippen LogP contribution in [0.3, 0.4) is 0 Å². The third kappa shape index (κ3) is 4.02. The van der Waals surface area contributed by atoms with E-state index in [4.69, 9.17) is 4.74 Å². The van der Waals surface area contributed by atoms with Gasteiger partial charge in [-0.1, -0.05) is 12.1 Å². The van der Waals surface area contributed by atoms with Crippen LogP contribution in [-0.4, -0.2) is 34.8 Å². The Labute approximate surface area is 156 Å². The molecule has 0 saturated heterocycles. The Bertz CT molecular complexity index is 956. The first-order valence-electron chi connectivity index (χ1n) is 9.04. The molecule has 0 saturated carbocycles. The highest BCUT2D eigenvalue weighted by Crippen LogP contribution is 2.25. The Morgan fingerprint density at radius 2 is 2.19 bits per heavy atom. The van der Waals surface area contributed by atoms with Crippen molar-refractivity contribution in [3.05, 3.63) is 60.2 Å². The molecule has 0 fully saturated rings. The Hall–Kier alpha value is -3.09. The van der Waals surface area contributed by atoms with Gasteiger partial charge in [0.2, 0.25) is 0 Å². The Morgan fingerprint density at radius 1 is 1.30 bits per heavy atom. The third-order valence-corrected chi connectivity index (χ3v) is 4.65. The third-order valence-electron chi connectivity index (χ3n) is 4.65. The lowest BCUT2D eigenvalue weighted by Crippen LogP contribution is -2.47. The maximum atomic E-state index is 13.3. The first kappa shape index (κ1) is 17.3. The van der Waals surface area contributed by atoms with Gasteiger partial charge in [0.1, 0.15) is 18.2 Å². The molecular formula is C20H21FN4O2. The van der Waals surface area contributed by atoms with Crippen molar-refractivity contribution < 1.29 is 13.9 Å². The molecule has 0 spiro atoms. The minimum atomic E-state index is -0.297. The van der Waals surface area contributed by atoms with Gasteiger partial charge < -0.3 is 19.9 Å². The number of carbonyl (C=O) groups excluding carboxylic acids is 1. The van der Waals surface area contributed by atoms with Crippen molar-refractivity contribution in [2.24, 2.45) is 0 Å². The van der Waals surface area contributed by atoms with Crippen molar-refractivity contribution in [3.8, 4) is 5.75 Å². The van der Waals surface area contributed by atoms with Gasteiger partial charge >= 0.3 is 6.03 Å². The van der Waals surface area contributed by atoms with Gasteiger partial charge in [-0.3, -0.25) is 0 Å². The summed E-state index contributed by atoms with van der Waals surface area (Å²) in [4.78, 5) is 16.5. The Kier molecular flexibility index (Phi) is 4.91. The van der Waals surface area contributed by atoms with E-state index in [-0.39, 0.29) is 17.9 Å². The summed E-state index contributed by atoms with van der Waals surface area (Å²) < 4.78 is 21.0. The maximum Gasteiger partial charge on any atom is 0.315 e. The second-order valence-corrected chi connectivity index (χ2v) is 6.64. The summed E-state index contributed by atoms with van der Waals surface area (Å²) in [5.41, 5.74) is 2.84. The van der Waals surface area contributed by atoms with Crippen LogP contribution in [0.2, 0.25) is 0 Å². The van der Waals surface area contributed by atoms with Crippen LogP contribution in [0.15, 0.2) is 48.8 Å². The quantitative estimate of drug-likeness (QED) is 0.681. The molecule has 7 heteroatoms. The fourth-order valence-corrected chi connectivity index (χ4v) is 3.33. The molecule has 2 heterocycles. The number of rotatable bonds is 5. The molecule has 2 N–H and O–H groups in total. The standard InChI is InChI=1S/C20H21FN4O2/c21-15-6-7-19-14(10-15)11-16(12-27-19)24-20(26)22-8-3-9-25-13-23-17-4-1-2-5-18(17)25/h1-2,4-7,10,13,16H,3,8-9,11-12H2,(H2,22,24,26). The first-order valence-corrected chi connectivity index (χ1v) is 9.04. The van der Waals surface area contributed by atoms with Crippen LogP contribution in [0.4, 0.5) is 9.18 Å². The summed E-state index contributed by atoms with van der Waals surface area (Å²) in [6.07, 6.45) is 3.17. The van der Waals surface area contributed by atoms with Crippen molar-refractivity contribution in [2.75, 3.05) is 13.2 Å². The summed E-state index contributed by atoms with van der Waals surface area (Å²) in [5.74, 6) is 0.386. The van der Waals surface area contributed by atoms with Crippen LogP contribution in [0.5, 0.6) is 5.75 Å². The second kappa shape index (κ2) is 7.65. The zero-order valence-electron chi connectivity index (χ0n) is 14.8. The van der Waals surface area contributed by atoms with Crippen molar-refractivity contribution in [2.45, 2.75) is 25.4 Å². The van der Waals surface area contributed by atoms with Crippen LogP contribution < -0.4 is 15.4 Å². The van der Waals surface area contributed by atoms with Gasteiger partial charge in [-0.25, -0.2) is 14.2 Å².